The van der Waals surface area contributed by atoms with Crippen molar-refractivity contribution in [2.75, 3.05) is 11.9 Å². The van der Waals surface area contributed by atoms with Crippen LogP contribution in [-0.2, 0) is 9.53 Å². The van der Waals surface area contributed by atoms with Gasteiger partial charge in [-0.25, -0.2) is 9.78 Å². The van der Waals surface area contributed by atoms with Crippen molar-refractivity contribution in [1.29, 1.82) is 0 Å². The van der Waals surface area contributed by atoms with Gasteiger partial charge in [0.05, 0.1) is 11.7 Å². The Hall–Kier alpha value is -2.15. The zero-order valence-corrected chi connectivity index (χ0v) is 11.1. The summed E-state index contributed by atoms with van der Waals surface area (Å²) in [5.74, 6) is -1.09. The van der Waals surface area contributed by atoms with Crippen LogP contribution in [0.1, 0.15) is 28.8 Å². The summed E-state index contributed by atoms with van der Waals surface area (Å²) in [5, 5.41) is 11.9. The number of aryl methyl sites for hydroxylation is 1. The van der Waals surface area contributed by atoms with Gasteiger partial charge in [0.1, 0.15) is 5.82 Å². The number of ether oxygens (including phenoxy) is 1. The van der Waals surface area contributed by atoms with E-state index in [4.69, 9.17) is 15.6 Å². The molecule has 0 aliphatic carbocycles. The number of amides is 1. The van der Waals surface area contributed by atoms with E-state index in [0.29, 0.717) is 30.8 Å². The van der Waals surface area contributed by atoms with Crippen molar-refractivity contribution in [3.8, 4) is 0 Å². The molecule has 1 aliphatic rings. The van der Waals surface area contributed by atoms with E-state index < -0.39 is 18.0 Å². The lowest BCUT2D eigenvalue weighted by Gasteiger charge is -2.15. The van der Waals surface area contributed by atoms with Crippen molar-refractivity contribution in [3.05, 3.63) is 23.4 Å². The lowest BCUT2D eigenvalue weighted by atomic mass is 10.1. The summed E-state index contributed by atoms with van der Waals surface area (Å²) < 4.78 is 5.37. The highest BCUT2D eigenvalue weighted by atomic mass is 16.5. The maximum Gasteiger partial charge on any atom is 0.332 e. The molecule has 1 aromatic rings. The van der Waals surface area contributed by atoms with Gasteiger partial charge in [-0.3, -0.25) is 4.79 Å². The number of aromatic nitrogens is 1. The third kappa shape index (κ3) is 3.05. The first-order valence-corrected chi connectivity index (χ1v) is 6.36. The zero-order valence-electron chi connectivity index (χ0n) is 11.1. The van der Waals surface area contributed by atoms with E-state index in [2.05, 4.69) is 10.3 Å². The van der Waals surface area contributed by atoms with Crippen LogP contribution in [0.15, 0.2) is 12.3 Å². The molecule has 2 atom stereocenters. The molecule has 1 aliphatic heterocycles. The summed E-state index contributed by atoms with van der Waals surface area (Å²) in [6, 6.07) is 1.71. The fourth-order valence-corrected chi connectivity index (χ4v) is 2.25. The Morgan fingerprint density at radius 2 is 2.30 bits per heavy atom. The molecule has 7 nitrogen and oxygen atoms in total. The number of anilines is 1. The van der Waals surface area contributed by atoms with Crippen LogP contribution >= 0.6 is 0 Å². The molecule has 2 rings (SSSR count). The van der Waals surface area contributed by atoms with Gasteiger partial charge in [0, 0.05) is 12.7 Å². The molecule has 1 saturated heterocycles. The van der Waals surface area contributed by atoms with Gasteiger partial charge in [-0.05, 0) is 31.4 Å². The van der Waals surface area contributed by atoms with Crippen LogP contribution in [0.4, 0.5) is 5.82 Å². The Bertz CT molecular complexity index is 532. The molecule has 0 saturated carbocycles. The number of carbonyl (C=O) groups excluding carboxylic acids is 1. The fraction of sp³-hybridized carbons (Fsp3) is 0.462. The Kier molecular flexibility index (Phi) is 4.19. The van der Waals surface area contributed by atoms with Gasteiger partial charge in [-0.15, -0.1) is 0 Å². The molecule has 0 spiro atoms. The number of nitrogens with two attached hydrogens (primary N) is 1. The third-order valence-electron chi connectivity index (χ3n) is 3.29. The third-order valence-corrected chi connectivity index (χ3v) is 3.29. The summed E-state index contributed by atoms with van der Waals surface area (Å²) in [5.41, 5.74) is 6.42. The summed E-state index contributed by atoms with van der Waals surface area (Å²) in [4.78, 5) is 26.3. The van der Waals surface area contributed by atoms with E-state index >= 15 is 0 Å². The highest BCUT2D eigenvalue weighted by Crippen LogP contribution is 2.21. The number of hydrogen-bond donors (Lipinski definition) is 3. The summed E-state index contributed by atoms with van der Waals surface area (Å²) in [6.07, 6.45) is 1.77. The maximum absolute atomic E-state index is 11.4. The number of primary amides is 1. The van der Waals surface area contributed by atoms with Crippen molar-refractivity contribution in [3.63, 3.8) is 0 Å². The first kappa shape index (κ1) is 14.3. The Morgan fingerprint density at radius 3 is 2.90 bits per heavy atom. The molecule has 108 valence electrons. The van der Waals surface area contributed by atoms with E-state index in [-0.39, 0.29) is 6.10 Å². The number of nitrogens with one attached hydrogen (secondary N) is 1. The predicted octanol–water partition coefficient (Wildman–Crippen LogP) is 0.533. The van der Waals surface area contributed by atoms with Crippen LogP contribution in [0.2, 0.25) is 0 Å². The molecule has 0 bridgehead atoms. The van der Waals surface area contributed by atoms with Crippen molar-refractivity contribution in [2.45, 2.75) is 32.0 Å². The molecule has 1 aromatic heterocycles. The average Bonchev–Trinajstić information content (AvgIpc) is 2.84. The quantitative estimate of drug-likeness (QED) is 0.724. The zero-order chi connectivity index (χ0) is 14.7. The smallest absolute Gasteiger partial charge is 0.332 e. The van der Waals surface area contributed by atoms with Crippen molar-refractivity contribution < 1.29 is 19.4 Å². The topological polar surface area (TPSA) is 115 Å². The van der Waals surface area contributed by atoms with Crippen LogP contribution < -0.4 is 11.1 Å². The maximum atomic E-state index is 11.4. The summed E-state index contributed by atoms with van der Waals surface area (Å²) in [6.45, 7) is 2.17. The van der Waals surface area contributed by atoms with E-state index in [0.717, 1.165) is 5.56 Å². The van der Waals surface area contributed by atoms with Gasteiger partial charge < -0.3 is 20.9 Å². The second kappa shape index (κ2) is 5.87. The molecule has 0 radical (unpaired) electrons. The Morgan fingerprint density at radius 1 is 1.55 bits per heavy atom. The minimum Gasteiger partial charge on any atom is -0.479 e. The van der Waals surface area contributed by atoms with Gasteiger partial charge in [0.15, 0.2) is 6.10 Å². The minimum atomic E-state index is -0.945. The molecule has 4 N–H and O–H groups in total. The highest BCUT2D eigenvalue weighted by Gasteiger charge is 2.30. The van der Waals surface area contributed by atoms with E-state index in [1.165, 1.54) is 0 Å². The van der Waals surface area contributed by atoms with E-state index in [1.807, 2.05) is 0 Å². The summed E-state index contributed by atoms with van der Waals surface area (Å²) in [7, 11) is 0. The van der Waals surface area contributed by atoms with Gasteiger partial charge >= 0.3 is 5.97 Å². The summed E-state index contributed by atoms with van der Waals surface area (Å²) >= 11 is 0. The molecular weight excluding hydrogens is 262 g/mol. The first-order chi connectivity index (χ1) is 9.49. The van der Waals surface area contributed by atoms with Crippen LogP contribution in [0, 0.1) is 6.92 Å². The van der Waals surface area contributed by atoms with Gasteiger partial charge in [-0.2, -0.15) is 0 Å². The minimum absolute atomic E-state index is 0.209. The average molecular weight is 279 g/mol. The molecule has 2 heterocycles. The Labute approximate surface area is 116 Å². The van der Waals surface area contributed by atoms with Crippen LogP contribution in [0.3, 0.4) is 0 Å². The highest BCUT2D eigenvalue weighted by molar-refractivity contribution is 5.98. The van der Waals surface area contributed by atoms with Crippen LogP contribution in [0.5, 0.6) is 0 Å². The van der Waals surface area contributed by atoms with Crippen LogP contribution in [-0.4, -0.2) is 40.7 Å². The van der Waals surface area contributed by atoms with Gasteiger partial charge in [0.2, 0.25) is 0 Å². The SMILES string of the molecule is Cc1ccnc(NCC2CCC(C(=O)O)O2)c1C(N)=O. The molecular formula is C13H17N3O4. The van der Waals surface area contributed by atoms with E-state index in [1.54, 1.807) is 19.2 Å². The second-order valence-electron chi connectivity index (χ2n) is 4.76. The van der Waals surface area contributed by atoms with Crippen molar-refractivity contribution >= 4 is 17.7 Å². The number of carboxylic acids is 1. The van der Waals surface area contributed by atoms with Crippen molar-refractivity contribution in [2.24, 2.45) is 5.73 Å². The van der Waals surface area contributed by atoms with Crippen LogP contribution in [0.25, 0.3) is 0 Å². The molecule has 1 amide bonds. The molecule has 1 fully saturated rings. The first-order valence-electron chi connectivity index (χ1n) is 6.36. The molecule has 7 heteroatoms. The number of carboxylic acid groups (broad SMARTS) is 1. The largest absolute Gasteiger partial charge is 0.479 e. The molecule has 20 heavy (non-hydrogen) atoms. The van der Waals surface area contributed by atoms with Crippen molar-refractivity contribution in [1.82, 2.24) is 4.98 Å². The predicted molar refractivity (Wildman–Crippen MR) is 71.5 cm³/mol. The standard InChI is InChI=1S/C13H17N3O4/c1-7-4-5-15-12(10(7)11(14)17)16-6-8-2-3-9(20-8)13(18)19/h4-5,8-9H,2-3,6H2,1H3,(H2,14,17)(H,15,16)(H,18,19). The lowest BCUT2D eigenvalue weighted by Crippen LogP contribution is -2.26. The van der Waals surface area contributed by atoms with Gasteiger partial charge in [-0.1, -0.05) is 0 Å². The second-order valence-corrected chi connectivity index (χ2v) is 4.76. The number of aliphatic carboxylic acids is 1. The number of rotatable bonds is 5. The number of hydrogen-bond acceptors (Lipinski definition) is 5. The Balaban J connectivity index is 2.00. The van der Waals surface area contributed by atoms with Gasteiger partial charge in [0.25, 0.3) is 5.91 Å². The molecule has 2 unspecified atom stereocenters. The lowest BCUT2D eigenvalue weighted by molar-refractivity contribution is -0.149. The number of nitrogens with zero attached hydrogens (tertiary/aromatic N) is 1. The fourth-order valence-electron chi connectivity index (χ4n) is 2.25. The van der Waals surface area contributed by atoms with E-state index in [9.17, 15) is 9.59 Å². The number of carbonyl (C=O) groups is 2. The molecule has 0 aromatic carbocycles. The normalized spacial score (nSPS) is 21.6. The monoisotopic (exact) mass is 279 g/mol. The number of pyridine rings is 1.